The summed E-state index contributed by atoms with van der Waals surface area (Å²) in [4.78, 5) is 24.4. The summed E-state index contributed by atoms with van der Waals surface area (Å²) in [7, 11) is 0. The molecule has 5 nitrogen and oxygen atoms in total. The summed E-state index contributed by atoms with van der Waals surface area (Å²) < 4.78 is 15.0. The predicted molar refractivity (Wildman–Crippen MR) is 142 cm³/mol. The lowest BCUT2D eigenvalue weighted by molar-refractivity contribution is -0.160. The predicted octanol–water partition coefficient (Wildman–Crippen LogP) is 7.22. The van der Waals surface area contributed by atoms with Gasteiger partial charge in [0, 0.05) is 24.3 Å². The fourth-order valence-corrected chi connectivity index (χ4v) is 11.9. The molecule has 1 aliphatic heterocycles. The van der Waals surface area contributed by atoms with E-state index in [1.165, 1.54) is 0 Å². The highest BCUT2D eigenvalue weighted by Gasteiger charge is 2.28. The summed E-state index contributed by atoms with van der Waals surface area (Å²) in [6, 6.07) is 0. The van der Waals surface area contributed by atoms with Crippen LogP contribution in [0, 0.1) is 0 Å². The molecule has 0 aromatic carbocycles. The maximum atomic E-state index is 12.3. The van der Waals surface area contributed by atoms with Gasteiger partial charge in [0.2, 0.25) is 0 Å². The van der Waals surface area contributed by atoms with Gasteiger partial charge in [0.15, 0.2) is 10.8 Å². The first-order chi connectivity index (χ1) is 15.5. The Kier molecular flexibility index (Phi) is 17.7. The molecule has 1 saturated heterocycles. The van der Waals surface area contributed by atoms with Crippen LogP contribution in [0.3, 0.4) is 0 Å². The van der Waals surface area contributed by atoms with E-state index in [4.69, 9.17) is 25.8 Å². The van der Waals surface area contributed by atoms with Gasteiger partial charge in [-0.05, 0) is 50.3 Å². The van der Waals surface area contributed by atoms with E-state index in [0.717, 1.165) is 75.7 Å². The zero-order valence-corrected chi connectivity index (χ0v) is 22.5. The van der Waals surface area contributed by atoms with Crippen LogP contribution in [0.15, 0.2) is 25.3 Å². The molecule has 0 aliphatic carbocycles. The average Bonchev–Trinajstić information content (AvgIpc) is 3.21. The molecule has 0 radical (unpaired) electrons. The highest BCUT2D eigenvalue weighted by Crippen LogP contribution is 2.74. The first-order valence-corrected chi connectivity index (χ1v) is 17.5. The van der Waals surface area contributed by atoms with Crippen molar-refractivity contribution in [3.8, 4) is 0 Å². The van der Waals surface area contributed by atoms with Crippen molar-refractivity contribution in [2.45, 2.75) is 83.2 Å². The Hall–Kier alpha value is -0.270. The van der Waals surface area contributed by atoms with Crippen molar-refractivity contribution in [1.82, 2.24) is 0 Å². The molecule has 32 heavy (non-hydrogen) atoms. The number of hydrogen-bond acceptors (Lipinski definition) is 8. The van der Waals surface area contributed by atoms with Gasteiger partial charge in [-0.1, -0.05) is 60.6 Å². The smallest absolute Gasteiger partial charge is 0.306 e. The number of ether oxygens (including phenoxy) is 2. The van der Waals surface area contributed by atoms with Crippen LogP contribution in [-0.2, 0) is 35.4 Å². The van der Waals surface area contributed by atoms with E-state index >= 15 is 0 Å². The number of rotatable bonds is 20. The van der Waals surface area contributed by atoms with Gasteiger partial charge in [-0.3, -0.25) is 9.59 Å². The maximum absolute atomic E-state index is 12.3. The molecule has 1 aliphatic rings. The lowest BCUT2D eigenvalue weighted by Gasteiger charge is -2.21. The Morgan fingerprint density at radius 3 is 1.94 bits per heavy atom. The third kappa shape index (κ3) is 15.5. The fourth-order valence-electron chi connectivity index (χ4n) is 3.03. The number of carbonyl (C=O) groups excluding carboxylic acids is 2. The van der Waals surface area contributed by atoms with Crippen LogP contribution in [0.2, 0.25) is 0 Å². The average molecular weight is 523 g/mol. The molecule has 0 unspecified atom stereocenters. The van der Waals surface area contributed by atoms with E-state index in [9.17, 15) is 9.59 Å². The topological polar surface area (TPSA) is 61.8 Å². The molecule has 0 amide bonds. The van der Waals surface area contributed by atoms with Gasteiger partial charge in [-0.25, -0.2) is 0 Å². The third-order valence-corrected chi connectivity index (χ3v) is 14.7. The molecule has 1 fully saturated rings. The molecular weight excluding hydrogens is 483 g/mol. The van der Waals surface area contributed by atoms with Crippen molar-refractivity contribution in [2.75, 3.05) is 24.7 Å². The molecular formula is C23H39O5PS3. The standard InChI is InChI=1S/C23H39O5PS3/c1-3-5-7-9-11-13-15-22(24)26-19-21(20-27-29(30)31-17-18-32-29)28-23(25)16-14-12-10-8-6-4-2/h3-4,21H,1-2,5-20H2/t21-/m1/s1. The first kappa shape index (κ1) is 29.8. The van der Waals surface area contributed by atoms with Crippen molar-refractivity contribution in [3.05, 3.63) is 25.3 Å². The van der Waals surface area contributed by atoms with Gasteiger partial charge in [-0.15, -0.1) is 13.2 Å². The van der Waals surface area contributed by atoms with Crippen molar-refractivity contribution >= 4 is 51.2 Å². The van der Waals surface area contributed by atoms with Crippen molar-refractivity contribution in [3.63, 3.8) is 0 Å². The van der Waals surface area contributed by atoms with Gasteiger partial charge >= 0.3 is 11.9 Å². The quantitative estimate of drug-likeness (QED) is 0.0719. The lowest BCUT2D eigenvalue weighted by Crippen LogP contribution is -2.29. The molecule has 1 heterocycles. The van der Waals surface area contributed by atoms with Crippen molar-refractivity contribution in [2.24, 2.45) is 0 Å². The number of esters is 2. The highest BCUT2D eigenvalue weighted by atomic mass is 33.2. The van der Waals surface area contributed by atoms with Crippen LogP contribution < -0.4 is 0 Å². The lowest BCUT2D eigenvalue weighted by atomic mass is 10.1. The summed E-state index contributed by atoms with van der Waals surface area (Å²) in [6.45, 7) is 7.63. The van der Waals surface area contributed by atoms with E-state index in [-0.39, 0.29) is 25.2 Å². The van der Waals surface area contributed by atoms with Gasteiger partial charge < -0.3 is 14.0 Å². The number of hydrogen-bond donors (Lipinski definition) is 0. The second-order valence-corrected chi connectivity index (χ2v) is 18.4. The van der Waals surface area contributed by atoms with Crippen LogP contribution in [0.5, 0.6) is 0 Å². The summed E-state index contributed by atoms with van der Waals surface area (Å²) in [6.07, 6.45) is 13.9. The van der Waals surface area contributed by atoms with E-state index in [1.54, 1.807) is 22.8 Å². The molecule has 0 aromatic rings. The zero-order valence-electron chi connectivity index (χ0n) is 19.2. The Morgan fingerprint density at radius 2 is 1.38 bits per heavy atom. The fraction of sp³-hybridized carbons (Fsp3) is 0.739. The van der Waals surface area contributed by atoms with Crippen molar-refractivity contribution < 1.29 is 23.6 Å². The molecule has 9 heteroatoms. The normalized spacial score (nSPS) is 15.8. The summed E-state index contributed by atoms with van der Waals surface area (Å²) in [5.41, 5.74) is 0. The SMILES string of the molecule is C=CCCCCCCC(=O)OC[C@H](COP1(=S)SCCS1)OC(=O)CCCCCCC=C. The molecule has 0 saturated carbocycles. The first-order valence-electron chi connectivity index (χ1n) is 11.6. The molecule has 1 atom stereocenters. The molecule has 0 aromatic heterocycles. The monoisotopic (exact) mass is 522 g/mol. The van der Waals surface area contributed by atoms with E-state index in [0.29, 0.717) is 12.8 Å². The third-order valence-electron chi connectivity index (χ3n) is 4.81. The van der Waals surface area contributed by atoms with E-state index in [2.05, 4.69) is 13.2 Å². The number of carbonyl (C=O) groups is 2. The summed E-state index contributed by atoms with van der Waals surface area (Å²) >= 11 is 8.96. The Balaban J connectivity index is 2.36. The Bertz CT molecular complexity index is 604. The van der Waals surface area contributed by atoms with Crippen LogP contribution in [0.1, 0.15) is 77.0 Å². The second kappa shape index (κ2) is 19.1. The largest absolute Gasteiger partial charge is 0.462 e. The van der Waals surface area contributed by atoms with Crippen LogP contribution >= 0.6 is 27.4 Å². The minimum Gasteiger partial charge on any atom is -0.462 e. The van der Waals surface area contributed by atoms with Gasteiger partial charge in [0.05, 0.1) is 6.61 Å². The van der Waals surface area contributed by atoms with Gasteiger partial charge in [-0.2, -0.15) is 0 Å². The maximum Gasteiger partial charge on any atom is 0.306 e. The number of unbranched alkanes of at least 4 members (excludes halogenated alkanes) is 8. The second-order valence-electron chi connectivity index (χ2n) is 7.69. The molecule has 0 spiro atoms. The molecule has 0 bridgehead atoms. The summed E-state index contributed by atoms with van der Waals surface area (Å²) in [5, 5.41) is 0. The highest BCUT2D eigenvalue weighted by molar-refractivity contribution is 9.00. The van der Waals surface area contributed by atoms with E-state index < -0.39 is 10.8 Å². The van der Waals surface area contributed by atoms with Crippen LogP contribution in [0.4, 0.5) is 0 Å². The Morgan fingerprint density at radius 1 is 0.844 bits per heavy atom. The number of allylic oxidation sites excluding steroid dienone is 2. The zero-order chi connectivity index (χ0) is 23.5. The van der Waals surface area contributed by atoms with Crippen LogP contribution in [0.25, 0.3) is 0 Å². The minimum absolute atomic E-state index is 0.0189. The van der Waals surface area contributed by atoms with E-state index in [1.807, 2.05) is 12.2 Å². The van der Waals surface area contributed by atoms with Gasteiger partial charge in [0.1, 0.15) is 6.61 Å². The molecule has 184 valence electrons. The minimum atomic E-state index is -1.96. The van der Waals surface area contributed by atoms with Gasteiger partial charge in [0.25, 0.3) is 0 Å². The summed E-state index contributed by atoms with van der Waals surface area (Å²) in [5.74, 6) is 1.44. The molecule has 0 N–H and O–H groups in total. The Labute approximate surface area is 207 Å². The van der Waals surface area contributed by atoms with Crippen molar-refractivity contribution in [1.29, 1.82) is 0 Å². The molecule has 1 rings (SSSR count). The van der Waals surface area contributed by atoms with Crippen LogP contribution in [-0.4, -0.2) is 42.8 Å².